The van der Waals surface area contributed by atoms with E-state index in [0.717, 1.165) is 0 Å². The Balaban J connectivity index is 2.55. The molecule has 1 N–H and O–H groups in total. The molecule has 1 aromatic carbocycles. The first-order valence-corrected chi connectivity index (χ1v) is 11.2. The van der Waals surface area contributed by atoms with E-state index in [2.05, 4.69) is 0 Å². The molecule has 0 spiro atoms. The molecule has 0 aromatic heterocycles. The van der Waals surface area contributed by atoms with E-state index in [0.29, 0.717) is 5.56 Å². The summed E-state index contributed by atoms with van der Waals surface area (Å²) in [5, 5.41) is 11.1. The summed E-state index contributed by atoms with van der Waals surface area (Å²) >= 11 is 0. The Morgan fingerprint density at radius 1 is 1.00 bits per heavy atom. The van der Waals surface area contributed by atoms with Gasteiger partial charge in [0, 0.05) is 12.3 Å². The fraction of sp³-hybridized carbons (Fsp3) is 0.600. The van der Waals surface area contributed by atoms with Crippen molar-refractivity contribution in [1.29, 1.82) is 0 Å². The molecule has 0 unspecified atom stereocenters. The van der Waals surface area contributed by atoms with E-state index in [1.807, 2.05) is 27.7 Å². The van der Waals surface area contributed by atoms with Crippen LogP contribution in [0.5, 0.6) is 0 Å². The van der Waals surface area contributed by atoms with Crippen LogP contribution >= 0.6 is 0 Å². The second-order valence-electron chi connectivity index (χ2n) is 9.64. The molecular formula is C25H34O8. The van der Waals surface area contributed by atoms with Gasteiger partial charge in [0.25, 0.3) is 0 Å². The minimum atomic E-state index is -1.73. The molecule has 0 bridgehead atoms. The number of ether oxygens (including phenoxy) is 3. The summed E-state index contributed by atoms with van der Waals surface area (Å²) in [4.78, 5) is 51.0. The van der Waals surface area contributed by atoms with Gasteiger partial charge in [-0.05, 0) is 36.5 Å². The summed E-state index contributed by atoms with van der Waals surface area (Å²) in [6.07, 6.45) is -0.382. The van der Waals surface area contributed by atoms with Gasteiger partial charge in [-0.1, -0.05) is 39.8 Å². The number of benzene rings is 1. The van der Waals surface area contributed by atoms with Crippen LogP contribution in [-0.2, 0) is 28.6 Å². The number of esters is 3. The highest BCUT2D eigenvalue weighted by Crippen LogP contribution is 2.46. The van der Waals surface area contributed by atoms with Gasteiger partial charge in [0.1, 0.15) is 5.92 Å². The van der Waals surface area contributed by atoms with E-state index in [4.69, 9.17) is 14.2 Å². The quantitative estimate of drug-likeness (QED) is 0.356. The molecule has 33 heavy (non-hydrogen) atoms. The summed E-state index contributed by atoms with van der Waals surface area (Å²) in [5.74, 6) is -5.86. The lowest BCUT2D eigenvalue weighted by atomic mass is 9.61. The monoisotopic (exact) mass is 462 g/mol. The van der Waals surface area contributed by atoms with Gasteiger partial charge in [-0.15, -0.1) is 0 Å². The SMILES string of the molecule is COC(=O)c1ccc([C@@H]2[C@H](C(=O)OCC(C)C)C(=O)C[C@@](C)(O)[C@H]2C(=O)OCC(C)C)cc1. The van der Waals surface area contributed by atoms with Crippen LogP contribution in [-0.4, -0.2) is 54.7 Å². The summed E-state index contributed by atoms with van der Waals surface area (Å²) in [5.41, 5.74) is -1.02. The first-order valence-electron chi connectivity index (χ1n) is 11.2. The van der Waals surface area contributed by atoms with Crippen LogP contribution in [0.4, 0.5) is 0 Å². The number of carbonyl (C=O) groups excluding carboxylic acids is 4. The standard InChI is InChI=1S/C25H34O8/c1-14(2)12-32-23(28)20-18(26)11-25(5,30)21(24(29)33-13-15(3)4)19(20)16-7-9-17(10-8-16)22(27)31-6/h7-10,14-15,19-21,30H,11-13H2,1-6H3/t19-,20-,21-,25-/m1/s1. The van der Waals surface area contributed by atoms with Crippen LogP contribution < -0.4 is 0 Å². The average molecular weight is 463 g/mol. The fourth-order valence-corrected chi connectivity index (χ4v) is 4.05. The van der Waals surface area contributed by atoms with Crippen molar-refractivity contribution in [3.63, 3.8) is 0 Å². The van der Waals surface area contributed by atoms with Crippen molar-refractivity contribution in [2.45, 2.75) is 52.6 Å². The van der Waals surface area contributed by atoms with E-state index in [1.165, 1.54) is 26.2 Å². The molecule has 1 aromatic rings. The van der Waals surface area contributed by atoms with Gasteiger partial charge in [-0.25, -0.2) is 4.79 Å². The highest BCUT2D eigenvalue weighted by Gasteiger charge is 2.57. The smallest absolute Gasteiger partial charge is 0.337 e. The van der Waals surface area contributed by atoms with Crippen LogP contribution in [0.25, 0.3) is 0 Å². The minimum Gasteiger partial charge on any atom is -0.465 e. The summed E-state index contributed by atoms with van der Waals surface area (Å²) in [7, 11) is 1.26. The Labute approximate surface area is 194 Å². The van der Waals surface area contributed by atoms with E-state index >= 15 is 0 Å². The number of Topliss-reactive ketones (excluding diaryl/α,β-unsaturated/α-hetero) is 1. The second-order valence-corrected chi connectivity index (χ2v) is 9.64. The van der Waals surface area contributed by atoms with Gasteiger partial charge >= 0.3 is 17.9 Å². The molecule has 2 rings (SSSR count). The summed E-state index contributed by atoms with van der Waals surface area (Å²) in [6, 6.07) is 6.08. The zero-order valence-corrected chi connectivity index (χ0v) is 20.1. The van der Waals surface area contributed by atoms with Crippen molar-refractivity contribution in [3.05, 3.63) is 35.4 Å². The van der Waals surface area contributed by atoms with E-state index in [1.54, 1.807) is 12.1 Å². The Morgan fingerprint density at radius 3 is 2.00 bits per heavy atom. The molecule has 0 radical (unpaired) electrons. The minimum absolute atomic E-state index is 0.0559. The van der Waals surface area contributed by atoms with E-state index < -0.39 is 47.0 Å². The Hall–Kier alpha value is -2.74. The summed E-state index contributed by atoms with van der Waals surface area (Å²) in [6.45, 7) is 9.16. The maximum atomic E-state index is 13.1. The van der Waals surface area contributed by atoms with Crippen molar-refractivity contribution in [2.24, 2.45) is 23.7 Å². The van der Waals surface area contributed by atoms with Gasteiger partial charge in [0.05, 0.1) is 37.4 Å². The van der Waals surface area contributed by atoms with Crippen LogP contribution in [0, 0.1) is 23.7 Å². The van der Waals surface area contributed by atoms with Crippen LogP contribution in [0.15, 0.2) is 24.3 Å². The van der Waals surface area contributed by atoms with E-state index in [-0.39, 0.29) is 37.0 Å². The van der Waals surface area contributed by atoms with Crippen LogP contribution in [0.2, 0.25) is 0 Å². The molecule has 1 fully saturated rings. The van der Waals surface area contributed by atoms with Crippen molar-refractivity contribution < 1.29 is 38.5 Å². The number of methoxy groups -OCH3 is 1. The maximum Gasteiger partial charge on any atom is 0.337 e. The first kappa shape index (κ1) is 26.5. The molecule has 1 aliphatic carbocycles. The fourth-order valence-electron chi connectivity index (χ4n) is 4.05. The van der Waals surface area contributed by atoms with Gasteiger partial charge in [-0.3, -0.25) is 14.4 Å². The third-order valence-corrected chi connectivity index (χ3v) is 5.61. The van der Waals surface area contributed by atoms with Gasteiger partial charge < -0.3 is 19.3 Å². The van der Waals surface area contributed by atoms with Crippen molar-refractivity contribution in [2.75, 3.05) is 20.3 Å². The molecule has 1 aliphatic rings. The summed E-state index contributed by atoms with van der Waals surface area (Å²) < 4.78 is 15.5. The molecule has 182 valence electrons. The predicted octanol–water partition coefficient (Wildman–Crippen LogP) is 2.91. The third kappa shape index (κ3) is 6.41. The number of hydrogen-bond donors (Lipinski definition) is 1. The molecule has 0 heterocycles. The molecule has 8 heteroatoms. The molecule has 0 amide bonds. The molecular weight excluding hydrogens is 428 g/mol. The van der Waals surface area contributed by atoms with Crippen molar-refractivity contribution in [3.8, 4) is 0 Å². The first-order chi connectivity index (χ1) is 15.4. The van der Waals surface area contributed by atoms with Gasteiger partial charge in [0.15, 0.2) is 5.78 Å². The van der Waals surface area contributed by atoms with Crippen LogP contribution in [0.3, 0.4) is 0 Å². The highest BCUT2D eigenvalue weighted by molar-refractivity contribution is 6.03. The number of hydrogen-bond acceptors (Lipinski definition) is 8. The number of aliphatic hydroxyl groups is 1. The number of carbonyl (C=O) groups is 4. The van der Waals surface area contributed by atoms with Gasteiger partial charge in [0.2, 0.25) is 0 Å². The number of ketones is 1. The van der Waals surface area contributed by atoms with E-state index in [9.17, 15) is 24.3 Å². The average Bonchev–Trinajstić information content (AvgIpc) is 2.74. The third-order valence-electron chi connectivity index (χ3n) is 5.61. The maximum absolute atomic E-state index is 13.1. The Bertz CT molecular complexity index is 869. The second kappa shape index (κ2) is 10.9. The highest BCUT2D eigenvalue weighted by atomic mass is 16.5. The molecule has 4 atom stereocenters. The lowest BCUT2D eigenvalue weighted by Gasteiger charge is -2.43. The van der Waals surface area contributed by atoms with Crippen molar-refractivity contribution >= 4 is 23.7 Å². The van der Waals surface area contributed by atoms with Crippen molar-refractivity contribution in [1.82, 2.24) is 0 Å². The normalized spacial score (nSPS) is 25.1. The zero-order chi connectivity index (χ0) is 24.9. The molecule has 0 saturated heterocycles. The predicted molar refractivity (Wildman–Crippen MR) is 119 cm³/mol. The molecule has 1 saturated carbocycles. The Morgan fingerprint density at radius 2 is 1.52 bits per heavy atom. The lowest BCUT2D eigenvalue weighted by molar-refractivity contribution is -0.174. The van der Waals surface area contributed by atoms with Gasteiger partial charge in [-0.2, -0.15) is 0 Å². The zero-order valence-electron chi connectivity index (χ0n) is 20.1. The largest absolute Gasteiger partial charge is 0.465 e. The topological polar surface area (TPSA) is 116 Å². The Kier molecular flexibility index (Phi) is 8.77. The molecule has 0 aliphatic heterocycles. The lowest BCUT2D eigenvalue weighted by Crippen LogP contribution is -2.55. The molecule has 8 nitrogen and oxygen atoms in total. The number of rotatable bonds is 8. The van der Waals surface area contributed by atoms with Crippen LogP contribution in [0.1, 0.15) is 62.9 Å².